The van der Waals surface area contributed by atoms with Gasteiger partial charge in [-0.2, -0.15) is 4.98 Å². The highest BCUT2D eigenvalue weighted by Crippen LogP contribution is 2.38. The van der Waals surface area contributed by atoms with E-state index in [9.17, 15) is 0 Å². The zero-order valence-electron chi connectivity index (χ0n) is 13.7. The minimum atomic E-state index is 0.0264. The van der Waals surface area contributed by atoms with Crippen molar-refractivity contribution in [3.8, 4) is 0 Å². The highest BCUT2D eigenvalue weighted by atomic mass is 16.5. The molecule has 1 aliphatic carbocycles. The average Bonchev–Trinajstić information content (AvgIpc) is 2.99. The number of nitrogens with one attached hydrogen (secondary N) is 1. The van der Waals surface area contributed by atoms with Gasteiger partial charge in [-0.05, 0) is 63.8 Å². The van der Waals surface area contributed by atoms with E-state index in [0.717, 1.165) is 43.1 Å². The van der Waals surface area contributed by atoms with E-state index in [1.165, 1.54) is 32.1 Å². The van der Waals surface area contributed by atoms with Crippen LogP contribution in [-0.4, -0.2) is 23.2 Å². The molecule has 118 valence electrons. The summed E-state index contributed by atoms with van der Waals surface area (Å²) in [5.74, 6) is 4.00. The van der Waals surface area contributed by atoms with Gasteiger partial charge in [-0.25, -0.2) is 0 Å². The summed E-state index contributed by atoms with van der Waals surface area (Å²) in [6.07, 6.45) is 7.39. The SMILES string of the molecule is CC(C)C1CCC(c2noc(C3(C)CCCNC3)n2)CC1. The number of nitrogens with zero attached hydrogens (tertiary/aromatic N) is 2. The number of aromatic nitrogens is 2. The molecule has 0 spiro atoms. The first-order valence-corrected chi connectivity index (χ1v) is 8.63. The fourth-order valence-electron chi connectivity index (χ4n) is 3.93. The molecule has 1 aromatic rings. The molecule has 3 rings (SSSR count). The maximum atomic E-state index is 5.63. The molecule has 1 saturated heterocycles. The molecule has 1 aliphatic heterocycles. The van der Waals surface area contributed by atoms with Crippen LogP contribution < -0.4 is 5.32 Å². The predicted octanol–water partition coefficient (Wildman–Crippen LogP) is 3.64. The molecule has 1 atom stereocenters. The van der Waals surface area contributed by atoms with Crippen LogP contribution in [0.4, 0.5) is 0 Å². The predicted molar refractivity (Wildman–Crippen MR) is 83.3 cm³/mol. The lowest BCUT2D eigenvalue weighted by molar-refractivity contribution is 0.239. The molecule has 0 bridgehead atoms. The van der Waals surface area contributed by atoms with Gasteiger partial charge in [0, 0.05) is 12.5 Å². The fraction of sp³-hybridized carbons (Fsp3) is 0.882. The standard InChI is InChI=1S/C17H29N3O/c1-12(2)13-5-7-14(8-6-13)15-19-16(21-20-15)17(3)9-4-10-18-11-17/h12-14,18H,4-11H2,1-3H3. The quantitative estimate of drug-likeness (QED) is 0.923. The van der Waals surface area contributed by atoms with Crippen molar-refractivity contribution in [2.75, 3.05) is 13.1 Å². The normalized spacial score (nSPS) is 34.3. The zero-order valence-corrected chi connectivity index (χ0v) is 13.7. The summed E-state index contributed by atoms with van der Waals surface area (Å²) in [6, 6.07) is 0. The van der Waals surface area contributed by atoms with Gasteiger partial charge in [0.25, 0.3) is 0 Å². The van der Waals surface area contributed by atoms with Crippen molar-refractivity contribution < 1.29 is 4.52 Å². The van der Waals surface area contributed by atoms with E-state index in [-0.39, 0.29) is 5.41 Å². The topological polar surface area (TPSA) is 51.0 Å². The van der Waals surface area contributed by atoms with Crippen LogP contribution in [0.25, 0.3) is 0 Å². The summed E-state index contributed by atoms with van der Waals surface area (Å²) >= 11 is 0. The van der Waals surface area contributed by atoms with Crippen molar-refractivity contribution in [3.05, 3.63) is 11.7 Å². The van der Waals surface area contributed by atoms with E-state index in [4.69, 9.17) is 9.51 Å². The number of hydrogen-bond acceptors (Lipinski definition) is 4. The largest absolute Gasteiger partial charge is 0.339 e. The summed E-state index contributed by atoms with van der Waals surface area (Å²) in [6.45, 7) is 8.99. The molecule has 1 N–H and O–H groups in total. The molecule has 4 heteroatoms. The third kappa shape index (κ3) is 3.15. The van der Waals surface area contributed by atoms with Gasteiger partial charge in [0.05, 0.1) is 5.41 Å². The van der Waals surface area contributed by atoms with E-state index in [2.05, 4.69) is 31.2 Å². The van der Waals surface area contributed by atoms with Gasteiger partial charge in [0.2, 0.25) is 5.89 Å². The molecule has 2 aliphatic rings. The van der Waals surface area contributed by atoms with E-state index < -0.39 is 0 Å². The molecule has 4 nitrogen and oxygen atoms in total. The summed E-state index contributed by atoms with van der Waals surface area (Å²) in [5.41, 5.74) is 0.0264. The van der Waals surface area contributed by atoms with Gasteiger partial charge < -0.3 is 9.84 Å². The Morgan fingerprint density at radius 2 is 2.00 bits per heavy atom. The minimum Gasteiger partial charge on any atom is -0.339 e. The zero-order chi connectivity index (χ0) is 14.9. The third-order valence-corrected chi connectivity index (χ3v) is 5.64. The Morgan fingerprint density at radius 3 is 2.62 bits per heavy atom. The summed E-state index contributed by atoms with van der Waals surface area (Å²) in [7, 11) is 0. The molecule has 1 unspecified atom stereocenters. The molecule has 21 heavy (non-hydrogen) atoms. The lowest BCUT2D eigenvalue weighted by Crippen LogP contribution is -2.41. The van der Waals surface area contributed by atoms with E-state index >= 15 is 0 Å². The molecular formula is C17H29N3O. The first-order valence-electron chi connectivity index (χ1n) is 8.63. The molecule has 1 saturated carbocycles. The lowest BCUT2D eigenvalue weighted by atomic mass is 9.76. The van der Waals surface area contributed by atoms with Gasteiger partial charge in [-0.1, -0.05) is 19.0 Å². The maximum absolute atomic E-state index is 5.63. The van der Waals surface area contributed by atoms with Crippen LogP contribution >= 0.6 is 0 Å². The van der Waals surface area contributed by atoms with Gasteiger partial charge in [-0.3, -0.25) is 0 Å². The van der Waals surface area contributed by atoms with Crippen molar-refractivity contribution in [3.63, 3.8) is 0 Å². The summed E-state index contributed by atoms with van der Waals surface area (Å²) in [4.78, 5) is 4.78. The van der Waals surface area contributed by atoms with E-state index in [1.54, 1.807) is 0 Å². The van der Waals surface area contributed by atoms with Crippen molar-refractivity contribution >= 4 is 0 Å². The molecule has 2 heterocycles. The lowest BCUT2D eigenvalue weighted by Gasteiger charge is -2.30. The monoisotopic (exact) mass is 291 g/mol. The highest BCUT2D eigenvalue weighted by Gasteiger charge is 2.36. The van der Waals surface area contributed by atoms with Crippen LogP contribution in [0.15, 0.2) is 4.52 Å². The Morgan fingerprint density at radius 1 is 1.24 bits per heavy atom. The van der Waals surface area contributed by atoms with Gasteiger partial charge in [0.1, 0.15) is 0 Å². The molecule has 0 aromatic carbocycles. The second-order valence-corrected chi connectivity index (χ2v) is 7.65. The van der Waals surface area contributed by atoms with Crippen LogP contribution in [0, 0.1) is 11.8 Å². The van der Waals surface area contributed by atoms with Crippen molar-refractivity contribution in [1.82, 2.24) is 15.5 Å². The third-order valence-electron chi connectivity index (χ3n) is 5.64. The van der Waals surface area contributed by atoms with Crippen molar-refractivity contribution in [2.45, 2.75) is 70.6 Å². The van der Waals surface area contributed by atoms with E-state index in [0.29, 0.717) is 5.92 Å². The molecule has 0 amide bonds. The Hall–Kier alpha value is -0.900. The Kier molecular flexibility index (Phi) is 4.34. The van der Waals surface area contributed by atoms with Crippen LogP contribution in [0.5, 0.6) is 0 Å². The number of hydrogen-bond donors (Lipinski definition) is 1. The first kappa shape index (κ1) is 15.0. The number of piperidine rings is 1. The van der Waals surface area contributed by atoms with Crippen LogP contribution in [0.2, 0.25) is 0 Å². The summed E-state index contributed by atoms with van der Waals surface area (Å²) in [5, 5.41) is 7.77. The van der Waals surface area contributed by atoms with Crippen LogP contribution in [0.3, 0.4) is 0 Å². The fourth-order valence-corrected chi connectivity index (χ4v) is 3.93. The van der Waals surface area contributed by atoms with Crippen molar-refractivity contribution in [2.24, 2.45) is 11.8 Å². The van der Waals surface area contributed by atoms with Gasteiger partial charge in [0.15, 0.2) is 5.82 Å². The molecule has 1 aromatic heterocycles. The van der Waals surface area contributed by atoms with Crippen LogP contribution in [-0.2, 0) is 5.41 Å². The molecule has 0 radical (unpaired) electrons. The minimum absolute atomic E-state index is 0.0264. The Bertz CT molecular complexity index is 454. The number of rotatable bonds is 3. The summed E-state index contributed by atoms with van der Waals surface area (Å²) < 4.78 is 5.63. The first-order chi connectivity index (χ1) is 10.1. The van der Waals surface area contributed by atoms with Crippen LogP contribution in [0.1, 0.15) is 76.9 Å². The molecular weight excluding hydrogens is 262 g/mol. The highest BCUT2D eigenvalue weighted by molar-refractivity contribution is 5.08. The second kappa shape index (κ2) is 6.07. The Labute approximate surface area is 128 Å². The Balaban J connectivity index is 1.65. The maximum Gasteiger partial charge on any atom is 0.233 e. The second-order valence-electron chi connectivity index (χ2n) is 7.65. The average molecular weight is 291 g/mol. The van der Waals surface area contributed by atoms with Gasteiger partial charge >= 0.3 is 0 Å². The smallest absolute Gasteiger partial charge is 0.233 e. The van der Waals surface area contributed by atoms with Gasteiger partial charge in [-0.15, -0.1) is 0 Å². The van der Waals surface area contributed by atoms with E-state index in [1.807, 2.05) is 0 Å². The molecule has 2 fully saturated rings. The van der Waals surface area contributed by atoms with Crippen molar-refractivity contribution in [1.29, 1.82) is 0 Å².